The van der Waals surface area contributed by atoms with E-state index in [9.17, 15) is 0 Å². The zero-order valence-corrected chi connectivity index (χ0v) is 13.9. The molecule has 110 valence electrons. The Morgan fingerprint density at radius 2 is 1.80 bits per heavy atom. The largest absolute Gasteiger partial charge is 0.313 e. The van der Waals surface area contributed by atoms with Gasteiger partial charge < -0.3 is 5.32 Å². The van der Waals surface area contributed by atoms with Crippen molar-refractivity contribution >= 4 is 15.9 Å². The smallest absolute Gasteiger partial charge is 0.0178 e. The van der Waals surface area contributed by atoms with E-state index in [0.717, 1.165) is 12.0 Å². The van der Waals surface area contributed by atoms with E-state index < -0.39 is 0 Å². The second-order valence-electron chi connectivity index (χ2n) is 6.60. The van der Waals surface area contributed by atoms with E-state index in [1.54, 1.807) is 0 Å². The second-order valence-corrected chi connectivity index (χ2v) is 7.51. The number of nitrogens with one attached hydrogen (secondary N) is 1. The molecule has 0 heterocycles. The van der Waals surface area contributed by atoms with Crippen LogP contribution in [0.3, 0.4) is 0 Å². The zero-order chi connectivity index (χ0) is 13.8. The van der Waals surface area contributed by atoms with Gasteiger partial charge in [-0.3, -0.25) is 0 Å². The first kappa shape index (κ1) is 14.6. The van der Waals surface area contributed by atoms with E-state index in [2.05, 4.69) is 45.5 Å². The van der Waals surface area contributed by atoms with Gasteiger partial charge in [0.05, 0.1) is 0 Å². The summed E-state index contributed by atoms with van der Waals surface area (Å²) in [6.07, 6.45) is 11.4. The van der Waals surface area contributed by atoms with Crippen molar-refractivity contribution in [3.8, 4) is 0 Å². The molecule has 1 unspecified atom stereocenters. The van der Waals surface area contributed by atoms with Crippen LogP contribution in [0.4, 0.5) is 0 Å². The fourth-order valence-corrected chi connectivity index (χ4v) is 4.01. The Morgan fingerprint density at radius 1 is 1.05 bits per heavy atom. The maximum atomic E-state index is 3.78. The number of halogens is 1. The molecule has 2 heteroatoms. The monoisotopic (exact) mass is 335 g/mol. The highest BCUT2D eigenvalue weighted by atomic mass is 79.9. The van der Waals surface area contributed by atoms with Gasteiger partial charge in [0.2, 0.25) is 0 Å². The topological polar surface area (TPSA) is 12.0 Å². The third kappa shape index (κ3) is 4.08. The molecule has 0 spiro atoms. The van der Waals surface area contributed by atoms with Crippen LogP contribution in [0.15, 0.2) is 28.7 Å². The van der Waals surface area contributed by atoms with Gasteiger partial charge in [-0.15, -0.1) is 0 Å². The van der Waals surface area contributed by atoms with Gasteiger partial charge in [-0.1, -0.05) is 53.7 Å². The van der Waals surface area contributed by atoms with Crippen LogP contribution >= 0.6 is 15.9 Å². The van der Waals surface area contributed by atoms with E-state index in [1.165, 1.54) is 67.9 Å². The minimum Gasteiger partial charge on any atom is -0.313 e. The van der Waals surface area contributed by atoms with E-state index in [1.807, 2.05) is 0 Å². The fourth-order valence-electron chi connectivity index (χ4n) is 3.59. The van der Waals surface area contributed by atoms with Crippen LogP contribution in [-0.2, 0) is 0 Å². The van der Waals surface area contributed by atoms with Crippen LogP contribution in [-0.4, -0.2) is 12.6 Å². The maximum absolute atomic E-state index is 3.78. The predicted molar refractivity (Wildman–Crippen MR) is 89.1 cm³/mol. The van der Waals surface area contributed by atoms with Crippen LogP contribution in [0.25, 0.3) is 0 Å². The molecule has 0 saturated heterocycles. The predicted octanol–water partition coefficient (Wildman–Crippen LogP) is 5.26. The Hall–Kier alpha value is -0.340. The Labute approximate surface area is 131 Å². The van der Waals surface area contributed by atoms with Crippen LogP contribution in [0.1, 0.15) is 62.8 Å². The molecule has 0 amide bonds. The highest BCUT2D eigenvalue weighted by Gasteiger charge is 2.27. The van der Waals surface area contributed by atoms with Crippen LogP contribution in [0, 0.1) is 5.92 Å². The summed E-state index contributed by atoms with van der Waals surface area (Å²) in [5, 5.41) is 3.78. The lowest BCUT2D eigenvalue weighted by Gasteiger charge is -2.27. The summed E-state index contributed by atoms with van der Waals surface area (Å²) in [6.45, 7) is 1.17. The van der Waals surface area contributed by atoms with Gasteiger partial charge in [-0.2, -0.15) is 0 Å². The number of hydrogen-bond acceptors (Lipinski definition) is 1. The molecule has 2 aliphatic rings. The zero-order valence-electron chi connectivity index (χ0n) is 12.3. The van der Waals surface area contributed by atoms with Gasteiger partial charge in [-0.05, 0) is 55.2 Å². The molecule has 1 atom stereocenters. The highest BCUT2D eigenvalue weighted by molar-refractivity contribution is 9.10. The van der Waals surface area contributed by atoms with Crippen LogP contribution < -0.4 is 5.32 Å². The van der Waals surface area contributed by atoms with Gasteiger partial charge >= 0.3 is 0 Å². The molecule has 1 aromatic carbocycles. The van der Waals surface area contributed by atoms with Crippen molar-refractivity contribution in [2.45, 2.75) is 63.3 Å². The summed E-state index contributed by atoms with van der Waals surface area (Å²) >= 11 is 3.64. The SMILES string of the molecule is Brc1cccc(C(CNC2CC2)C2CCCCCC2)c1. The van der Waals surface area contributed by atoms with Gasteiger partial charge in [0.25, 0.3) is 0 Å². The fraction of sp³-hybridized carbons (Fsp3) is 0.667. The molecule has 2 aliphatic carbocycles. The number of benzene rings is 1. The van der Waals surface area contributed by atoms with Crippen LogP contribution in [0.2, 0.25) is 0 Å². The molecule has 0 aliphatic heterocycles. The second kappa shape index (κ2) is 7.09. The Kier molecular flexibility index (Phi) is 5.17. The molecule has 2 fully saturated rings. The van der Waals surface area contributed by atoms with Crippen molar-refractivity contribution < 1.29 is 0 Å². The first-order chi connectivity index (χ1) is 9.83. The van der Waals surface area contributed by atoms with Gasteiger partial charge in [-0.25, -0.2) is 0 Å². The van der Waals surface area contributed by atoms with E-state index in [0.29, 0.717) is 5.92 Å². The average molecular weight is 336 g/mol. The Morgan fingerprint density at radius 3 is 2.45 bits per heavy atom. The van der Waals surface area contributed by atoms with E-state index >= 15 is 0 Å². The Bertz CT molecular complexity index is 419. The molecule has 2 saturated carbocycles. The first-order valence-corrected chi connectivity index (χ1v) is 9.11. The van der Waals surface area contributed by atoms with Crippen molar-refractivity contribution in [1.29, 1.82) is 0 Å². The summed E-state index contributed by atoms with van der Waals surface area (Å²) in [5.41, 5.74) is 1.53. The summed E-state index contributed by atoms with van der Waals surface area (Å²) in [5.74, 6) is 1.57. The standard InChI is InChI=1S/C18H26BrN/c19-16-9-5-8-15(12-16)18(13-20-17-10-11-17)14-6-3-1-2-4-7-14/h5,8-9,12,14,17-18,20H,1-4,6-7,10-11,13H2. The summed E-state index contributed by atoms with van der Waals surface area (Å²) in [4.78, 5) is 0. The quantitative estimate of drug-likeness (QED) is 0.724. The van der Waals surface area contributed by atoms with Crippen molar-refractivity contribution in [3.05, 3.63) is 34.3 Å². The van der Waals surface area contributed by atoms with Crippen molar-refractivity contribution in [2.24, 2.45) is 5.92 Å². The summed E-state index contributed by atoms with van der Waals surface area (Å²) < 4.78 is 1.22. The summed E-state index contributed by atoms with van der Waals surface area (Å²) in [6, 6.07) is 9.82. The average Bonchev–Trinajstić information content (AvgIpc) is 3.26. The normalized spacial score (nSPS) is 22.4. The maximum Gasteiger partial charge on any atom is 0.0178 e. The van der Waals surface area contributed by atoms with Crippen LogP contribution in [0.5, 0.6) is 0 Å². The highest BCUT2D eigenvalue weighted by Crippen LogP contribution is 2.36. The van der Waals surface area contributed by atoms with Crippen molar-refractivity contribution in [2.75, 3.05) is 6.54 Å². The third-order valence-corrected chi connectivity index (χ3v) is 5.44. The van der Waals surface area contributed by atoms with Gasteiger partial charge in [0.15, 0.2) is 0 Å². The molecule has 1 N–H and O–H groups in total. The minimum atomic E-state index is 0.700. The van der Waals surface area contributed by atoms with Gasteiger partial charge in [0, 0.05) is 17.1 Å². The number of hydrogen-bond donors (Lipinski definition) is 1. The minimum absolute atomic E-state index is 0.700. The molecule has 20 heavy (non-hydrogen) atoms. The molecular formula is C18H26BrN. The number of rotatable bonds is 5. The molecule has 0 bridgehead atoms. The van der Waals surface area contributed by atoms with E-state index in [4.69, 9.17) is 0 Å². The summed E-state index contributed by atoms with van der Waals surface area (Å²) in [7, 11) is 0. The molecule has 0 aromatic heterocycles. The Balaban J connectivity index is 1.73. The van der Waals surface area contributed by atoms with Crippen molar-refractivity contribution in [1.82, 2.24) is 5.32 Å². The molecule has 0 radical (unpaired) electrons. The molecule has 1 nitrogen and oxygen atoms in total. The lowest BCUT2D eigenvalue weighted by Crippen LogP contribution is -2.28. The van der Waals surface area contributed by atoms with E-state index in [-0.39, 0.29) is 0 Å². The molecule has 1 aromatic rings. The lowest BCUT2D eigenvalue weighted by molar-refractivity contribution is 0.360. The third-order valence-electron chi connectivity index (χ3n) is 4.95. The van der Waals surface area contributed by atoms with Gasteiger partial charge in [0.1, 0.15) is 0 Å². The lowest BCUT2D eigenvalue weighted by atomic mass is 9.81. The molecular weight excluding hydrogens is 310 g/mol. The molecule has 3 rings (SSSR count). The van der Waals surface area contributed by atoms with Crippen molar-refractivity contribution in [3.63, 3.8) is 0 Å². The first-order valence-electron chi connectivity index (χ1n) is 8.32.